The Morgan fingerprint density at radius 1 is 0.724 bits per heavy atom. The highest BCUT2D eigenvalue weighted by Crippen LogP contribution is 2.34. The summed E-state index contributed by atoms with van der Waals surface area (Å²) in [6, 6.07) is 21.4. The highest BCUT2D eigenvalue weighted by Gasteiger charge is 2.39. The molecule has 0 aliphatic heterocycles. The van der Waals surface area contributed by atoms with Gasteiger partial charge in [0, 0.05) is 12.1 Å². The van der Waals surface area contributed by atoms with Crippen molar-refractivity contribution >= 4 is 23.6 Å². The second-order valence-electron chi connectivity index (χ2n) is 8.21. The number of rotatable bonds is 10. The third kappa shape index (κ3) is 6.36. The summed E-state index contributed by atoms with van der Waals surface area (Å²) in [5, 5.41) is 6.19. The van der Waals surface area contributed by atoms with Gasteiger partial charge >= 0.3 is 0 Å². The second-order valence-corrected chi connectivity index (χ2v) is 9.20. The molecule has 2 aromatic carbocycles. The van der Waals surface area contributed by atoms with Crippen LogP contribution in [0.2, 0.25) is 0 Å². The van der Waals surface area contributed by atoms with E-state index in [2.05, 4.69) is 59.2 Å². The van der Waals surface area contributed by atoms with Crippen LogP contribution in [0.4, 0.5) is 0 Å². The van der Waals surface area contributed by atoms with E-state index in [0.29, 0.717) is 35.4 Å². The summed E-state index contributed by atoms with van der Waals surface area (Å²) in [4.78, 5) is 24.2. The van der Waals surface area contributed by atoms with E-state index < -0.39 is 0 Å². The van der Waals surface area contributed by atoms with Gasteiger partial charge in [0.2, 0.25) is 11.8 Å². The Labute approximate surface area is 176 Å². The molecule has 29 heavy (non-hydrogen) atoms. The zero-order valence-corrected chi connectivity index (χ0v) is 17.4. The molecule has 0 heterocycles. The summed E-state index contributed by atoms with van der Waals surface area (Å²) in [6.07, 6.45) is 4.15. The predicted octanol–water partition coefficient (Wildman–Crippen LogP) is 3.21. The average Bonchev–Trinajstić information content (AvgIpc) is 3.63. The molecule has 0 bridgehead atoms. The fourth-order valence-electron chi connectivity index (χ4n) is 3.87. The van der Waals surface area contributed by atoms with Crippen LogP contribution in [0.3, 0.4) is 0 Å². The van der Waals surface area contributed by atoms with E-state index in [0.717, 1.165) is 25.7 Å². The summed E-state index contributed by atoms with van der Waals surface area (Å²) in [5.41, 5.74) is 2.65. The average molecular weight is 409 g/mol. The molecule has 2 N–H and O–H groups in total. The van der Waals surface area contributed by atoms with Gasteiger partial charge in [0.1, 0.15) is 0 Å². The van der Waals surface area contributed by atoms with Crippen molar-refractivity contribution in [2.24, 2.45) is 11.8 Å². The zero-order valence-electron chi connectivity index (χ0n) is 16.6. The Kier molecular flexibility index (Phi) is 6.55. The number of carbonyl (C=O) groups excluding carboxylic acids is 2. The van der Waals surface area contributed by atoms with Gasteiger partial charge in [-0.2, -0.15) is 0 Å². The van der Waals surface area contributed by atoms with E-state index in [-0.39, 0.29) is 11.8 Å². The van der Waals surface area contributed by atoms with Crippen molar-refractivity contribution in [1.29, 1.82) is 0 Å². The van der Waals surface area contributed by atoms with Gasteiger partial charge in [0.15, 0.2) is 0 Å². The SMILES string of the molecule is O=C(CSCC(=O)NC1CC1Cc1ccccc1)NC1CC1Cc1ccccc1. The molecule has 2 aliphatic rings. The fraction of sp³-hybridized carbons (Fsp3) is 0.417. The van der Waals surface area contributed by atoms with Gasteiger partial charge in [0.05, 0.1) is 11.5 Å². The molecule has 2 fully saturated rings. The van der Waals surface area contributed by atoms with Crippen LogP contribution in [0.15, 0.2) is 60.7 Å². The Hall–Kier alpha value is -2.27. The normalized spacial score (nSPS) is 24.6. The molecule has 4 rings (SSSR count). The molecule has 0 saturated heterocycles. The molecule has 4 unspecified atom stereocenters. The first-order chi connectivity index (χ1) is 14.2. The standard InChI is InChI=1S/C24H28N2O2S/c27-23(25-21-13-19(21)11-17-7-3-1-4-8-17)15-29-16-24(28)26-22-14-20(22)12-18-9-5-2-6-10-18/h1-10,19-22H,11-16H2,(H,25,27)(H,26,28). The Morgan fingerprint density at radius 3 is 1.55 bits per heavy atom. The minimum Gasteiger partial charge on any atom is -0.352 e. The maximum Gasteiger partial charge on any atom is 0.230 e. The van der Waals surface area contributed by atoms with E-state index in [1.807, 2.05) is 12.1 Å². The maximum atomic E-state index is 12.1. The topological polar surface area (TPSA) is 58.2 Å². The van der Waals surface area contributed by atoms with E-state index in [4.69, 9.17) is 0 Å². The van der Waals surface area contributed by atoms with E-state index in [1.54, 1.807) is 0 Å². The first kappa shape index (κ1) is 20.0. The van der Waals surface area contributed by atoms with Crippen LogP contribution in [0, 0.1) is 11.8 Å². The van der Waals surface area contributed by atoms with Crippen LogP contribution in [0.5, 0.6) is 0 Å². The van der Waals surface area contributed by atoms with Crippen LogP contribution in [-0.4, -0.2) is 35.4 Å². The van der Waals surface area contributed by atoms with Crippen LogP contribution >= 0.6 is 11.8 Å². The monoisotopic (exact) mass is 408 g/mol. The molecule has 2 saturated carbocycles. The third-order valence-corrected chi connectivity index (χ3v) is 6.62. The van der Waals surface area contributed by atoms with Crippen molar-refractivity contribution in [3.8, 4) is 0 Å². The Morgan fingerprint density at radius 2 is 1.14 bits per heavy atom. The van der Waals surface area contributed by atoms with E-state index in [9.17, 15) is 9.59 Å². The lowest BCUT2D eigenvalue weighted by Crippen LogP contribution is -2.31. The summed E-state index contributed by atoms with van der Waals surface area (Å²) < 4.78 is 0. The lowest BCUT2D eigenvalue weighted by molar-refractivity contribution is -0.119. The van der Waals surface area contributed by atoms with Gasteiger partial charge in [0.25, 0.3) is 0 Å². The van der Waals surface area contributed by atoms with Crippen molar-refractivity contribution in [1.82, 2.24) is 10.6 Å². The van der Waals surface area contributed by atoms with Gasteiger partial charge in [-0.1, -0.05) is 60.7 Å². The first-order valence-corrected chi connectivity index (χ1v) is 11.6. The van der Waals surface area contributed by atoms with Gasteiger partial charge in [-0.3, -0.25) is 9.59 Å². The van der Waals surface area contributed by atoms with Crippen LogP contribution in [0.25, 0.3) is 0 Å². The lowest BCUT2D eigenvalue weighted by atomic mass is 10.1. The van der Waals surface area contributed by atoms with Crippen molar-refractivity contribution in [2.75, 3.05) is 11.5 Å². The highest BCUT2D eigenvalue weighted by atomic mass is 32.2. The number of hydrogen-bond donors (Lipinski definition) is 2. The second kappa shape index (κ2) is 9.49. The lowest BCUT2D eigenvalue weighted by Gasteiger charge is -2.06. The van der Waals surface area contributed by atoms with Crippen LogP contribution in [0.1, 0.15) is 24.0 Å². The van der Waals surface area contributed by atoms with E-state index in [1.165, 1.54) is 22.9 Å². The van der Waals surface area contributed by atoms with Crippen LogP contribution in [-0.2, 0) is 22.4 Å². The largest absolute Gasteiger partial charge is 0.352 e. The number of nitrogens with one attached hydrogen (secondary N) is 2. The predicted molar refractivity (Wildman–Crippen MR) is 118 cm³/mol. The van der Waals surface area contributed by atoms with Crippen molar-refractivity contribution < 1.29 is 9.59 Å². The number of benzene rings is 2. The first-order valence-electron chi connectivity index (χ1n) is 10.4. The molecule has 2 aromatic rings. The maximum absolute atomic E-state index is 12.1. The van der Waals surface area contributed by atoms with Gasteiger partial charge in [-0.25, -0.2) is 0 Å². The molecule has 0 radical (unpaired) electrons. The molecular formula is C24H28N2O2S. The number of amides is 2. The quantitative estimate of drug-likeness (QED) is 0.635. The Bertz CT molecular complexity index is 758. The van der Waals surface area contributed by atoms with Gasteiger partial charge in [-0.05, 0) is 48.6 Å². The van der Waals surface area contributed by atoms with Crippen molar-refractivity contribution in [3.63, 3.8) is 0 Å². The van der Waals surface area contributed by atoms with Crippen LogP contribution < -0.4 is 10.6 Å². The molecule has 4 nitrogen and oxygen atoms in total. The van der Waals surface area contributed by atoms with Gasteiger partial charge in [-0.15, -0.1) is 11.8 Å². The molecular weight excluding hydrogens is 380 g/mol. The highest BCUT2D eigenvalue weighted by molar-refractivity contribution is 8.00. The molecule has 0 spiro atoms. The summed E-state index contributed by atoms with van der Waals surface area (Å²) >= 11 is 1.40. The third-order valence-electron chi connectivity index (χ3n) is 5.69. The Balaban J connectivity index is 1.06. The molecule has 2 aliphatic carbocycles. The summed E-state index contributed by atoms with van der Waals surface area (Å²) in [5.74, 6) is 1.87. The summed E-state index contributed by atoms with van der Waals surface area (Å²) in [6.45, 7) is 0. The fourth-order valence-corrected chi connectivity index (χ4v) is 4.51. The van der Waals surface area contributed by atoms with Crippen molar-refractivity contribution in [2.45, 2.75) is 37.8 Å². The minimum atomic E-state index is 0.0386. The van der Waals surface area contributed by atoms with Gasteiger partial charge < -0.3 is 10.6 Å². The summed E-state index contributed by atoms with van der Waals surface area (Å²) in [7, 11) is 0. The molecule has 0 aromatic heterocycles. The zero-order chi connectivity index (χ0) is 20.1. The smallest absolute Gasteiger partial charge is 0.230 e. The molecule has 5 heteroatoms. The number of carbonyl (C=O) groups is 2. The van der Waals surface area contributed by atoms with E-state index >= 15 is 0 Å². The van der Waals surface area contributed by atoms with Crippen molar-refractivity contribution in [3.05, 3.63) is 71.8 Å². The molecule has 2 amide bonds. The number of hydrogen-bond acceptors (Lipinski definition) is 3. The number of thioether (sulfide) groups is 1. The molecule has 4 atom stereocenters. The minimum absolute atomic E-state index is 0.0386. The molecule has 152 valence electrons.